The maximum absolute atomic E-state index is 14.6. The average Bonchev–Trinajstić information content (AvgIpc) is 3.45. The second-order valence-electron chi connectivity index (χ2n) is 9.40. The van der Waals surface area contributed by atoms with Crippen molar-refractivity contribution < 1.29 is 32.2 Å². The number of alkyl halides is 3. The van der Waals surface area contributed by atoms with Crippen LogP contribution in [0.15, 0.2) is 66.9 Å². The van der Waals surface area contributed by atoms with Gasteiger partial charge in [0.1, 0.15) is 11.9 Å². The van der Waals surface area contributed by atoms with Crippen LogP contribution in [0.1, 0.15) is 23.6 Å². The number of β-amino-alcohol motifs (C(OH)–C–C–N with tert-alkyl or cyclic N) is 1. The Morgan fingerprint density at radius 1 is 1.11 bits per heavy atom. The Labute approximate surface area is 216 Å². The van der Waals surface area contributed by atoms with Gasteiger partial charge in [0.25, 0.3) is 0 Å². The predicted molar refractivity (Wildman–Crippen MR) is 134 cm³/mol. The summed E-state index contributed by atoms with van der Waals surface area (Å²) in [7, 11) is 0. The maximum atomic E-state index is 14.6. The topological polar surface area (TPSA) is 67.6 Å². The van der Waals surface area contributed by atoms with Crippen molar-refractivity contribution in [2.45, 2.75) is 38.1 Å². The van der Waals surface area contributed by atoms with E-state index >= 15 is 0 Å². The number of benzene rings is 3. The highest BCUT2D eigenvalue weighted by atomic mass is 19.4. The Kier molecular flexibility index (Phi) is 6.38. The van der Waals surface area contributed by atoms with E-state index in [4.69, 9.17) is 4.74 Å². The first-order valence-electron chi connectivity index (χ1n) is 12.1. The maximum Gasteiger partial charge on any atom is 0.423 e. The minimum Gasteiger partial charge on any atom is -0.464 e. The normalized spacial score (nSPS) is 16.9. The molecule has 0 saturated heterocycles. The number of aryl methyl sites for hydroxylation is 1. The van der Waals surface area contributed by atoms with E-state index in [1.807, 2.05) is 13.0 Å². The number of fused-ring (bicyclic) bond motifs is 2. The molecule has 2 atom stereocenters. The summed E-state index contributed by atoms with van der Waals surface area (Å²) < 4.78 is 63.8. The molecule has 0 radical (unpaired) electrons. The number of hydrogen-bond donors (Lipinski definition) is 1. The first-order chi connectivity index (χ1) is 18.0. The smallest absolute Gasteiger partial charge is 0.423 e. The second kappa shape index (κ2) is 9.43. The van der Waals surface area contributed by atoms with Gasteiger partial charge in [0, 0.05) is 17.5 Å². The van der Waals surface area contributed by atoms with Gasteiger partial charge in [-0.3, -0.25) is 0 Å². The quantitative estimate of drug-likeness (QED) is 0.275. The Hall–Kier alpha value is -3.92. The van der Waals surface area contributed by atoms with Crippen LogP contribution in [0.25, 0.3) is 16.6 Å². The van der Waals surface area contributed by atoms with Crippen LogP contribution in [0.3, 0.4) is 0 Å². The van der Waals surface area contributed by atoms with Gasteiger partial charge in [0.2, 0.25) is 5.60 Å². The van der Waals surface area contributed by atoms with E-state index in [0.717, 1.165) is 5.56 Å². The zero-order valence-electron chi connectivity index (χ0n) is 20.7. The van der Waals surface area contributed by atoms with Crippen molar-refractivity contribution >= 4 is 22.6 Å². The summed E-state index contributed by atoms with van der Waals surface area (Å²) in [6.45, 7) is 2.65. The number of anilines is 1. The standard InChI is InChI=1S/C28H25F4N3O3/c1-3-38-26(36)25-14-18-12-17(2)4-10-23(18)34(25)16-27(37,28(30,31)32)20-5-11-24-19(13-20)15-33-35(24)22-8-6-21(29)7-9-22/h4-13,15,25,37H,3,14,16H2,1-2H3. The third-order valence-corrected chi connectivity index (χ3v) is 6.88. The van der Waals surface area contributed by atoms with Crippen molar-refractivity contribution in [3.63, 3.8) is 0 Å². The fourth-order valence-corrected chi connectivity index (χ4v) is 4.96. The molecule has 0 amide bonds. The molecule has 0 aliphatic carbocycles. The summed E-state index contributed by atoms with van der Waals surface area (Å²) in [5, 5.41) is 15.9. The monoisotopic (exact) mass is 527 g/mol. The minimum absolute atomic E-state index is 0.0802. The summed E-state index contributed by atoms with van der Waals surface area (Å²) in [4.78, 5) is 14.0. The number of aliphatic hydroxyl groups is 1. The molecule has 198 valence electrons. The van der Waals surface area contributed by atoms with Gasteiger partial charge in [-0.05, 0) is 67.4 Å². The molecule has 38 heavy (non-hydrogen) atoms. The zero-order chi connectivity index (χ0) is 27.2. The molecular formula is C28H25F4N3O3. The van der Waals surface area contributed by atoms with Crippen molar-refractivity contribution in [1.29, 1.82) is 0 Å². The number of nitrogens with zero attached hydrogens (tertiary/aromatic N) is 3. The van der Waals surface area contributed by atoms with Gasteiger partial charge in [0.05, 0.1) is 30.6 Å². The van der Waals surface area contributed by atoms with E-state index in [9.17, 15) is 27.5 Å². The lowest BCUT2D eigenvalue weighted by Crippen LogP contribution is -2.54. The van der Waals surface area contributed by atoms with Crippen molar-refractivity contribution in [3.05, 3.63) is 89.4 Å². The molecule has 6 nitrogen and oxygen atoms in total. The highest BCUT2D eigenvalue weighted by molar-refractivity contribution is 5.84. The average molecular weight is 528 g/mol. The first-order valence-corrected chi connectivity index (χ1v) is 12.1. The number of aromatic nitrogens is 2. The van der Waals surface area contributed by atoms with Crippen molar-refractivity contribution in [2.75, 3.05) is 18.1 Å². The molecule has 1 N–H and O–H groups in total. The fraction of sp³-hybridized carbons (Fsp3) is 0.286. The number of halogens is 4. The molecule has 0 saturated carbocycles. The molecule has 2 heterocycles. The molecule has 0 fully saturated rings. The Balaban J connectivity index is 1.57. The molecule has 5 rings (SSSR count). The van der Waals surface area contributed by atoms with Crippen molar-refractivity contribution in [3.8, 4) is 5.69 Å². The Morgan fingerprint density at radius 3 is 2.53 bits per heavy atom. The summed E-state index contributed by atoms with van der Waals surface area (Å²) in [5.74, 6) is -1.08. The second-order valence-corrected chi connectivity index (χ2v) is 9.40. The Morgan fingerprint density at radius 2 is 1.84 bits per heavy atom. The Bertz CT molecular complexity index is 1500. The molecule has 0 spiro atoms. The molecule has 3 aromatic carbocycles. The molecule has 1 aliphatic heterocycles. The SMILES string of the molecule is CCOC(=O)C1Cc2cc(C)ccc2N1CC(O)(c1ccc2c(cnn2-c2ccc(F)cc2)c1)C(F)(F)F. The van der Waals surface area contributed by atoms with E-state index in [2.05, 4.69) is 5.10 Å². The molecule has 1 aliphatic rings. The van der Waals surface area contributed by atoms with Gasteiger partial charge in [-0.25, -0.2) is 13.9 Å². The first kappa shape index (κ1) is 25.7. The van der Waals surface area contributed by atoms with Crippen LogP contribution in [0.4, 0.5) is 23.2 Å². The molecular weight excluding hydrogens is 502 g/mol. The van der Waals surface area contributed by atoms with Crippen LogP contribution in [-0.4, -0.2) is 46.2 Å². The molecule has 4 aromatic rings. The number of hydrogen-bond acceptors (Lipinski definition) is 5. The van der Waals surface area contributed by atoms with Crippen molar-refractivity contribution in [2.24, 2.45) is 0 Å². The predicted octanol–water partition coefficient (Wildman–Crippen LogP) is 5.22. The summed E-state index contributed by atoms with van der Waals surface area (Å²) >= 11 is 0. The molecule has 1 aromatic heterocycles. The van der Waals surface area contributed by atoms with Gasteiger partial charge in [-0.2, -0.15) is 18.3 Å². The van der Waals surface area contributed by atoms with Gasteiger partial charge >= 0.3 is 12.1 Å². The van der Waals surface area contributed by atoms with Crippen LogP contribution in [0, 0.1) is 12.7 Å². The number of rotatable bonds is 6. The number of ether oxygens (including phenoxy) is 1. The van der Waals surface area contributed by atoms with E-state index in [1.54, 1.807) is 19.1 Å². The minimum atomic E-state index is -5.07. The van der Waals surface area contributed by atoms with Gasteiger partial charge in [0.15, 0.2) is 0 Å². The van der Waals surface area contributed by atoms with E-state index in [0.29, 0.717) is 27.8 Å². The summed E-state index contributed by atoms with van der Waals surface area (Å²) in [5.41, 5.74) is -0.624. The van der Waals surface area contributed by atoms with Crippen LogP contribution in [-0.2, 0) is 21.6 Å². The van der Waals surface area contributed by atoms with E-state index in [-0.39, 0.29) is 18.6 Å². The lowest BCUT2D eigenvalue weighted by Gasteiger charge is -2.37. The third-order valence-electron chi connectivity index (χ3n) is 6.88. The lowest BCUT2D eigenvalue weighted by atomic mass is 9.91. The third kappa shape index (κ3) is 4.38. The van der Waals surface area contributed by atoms with Crippen LogP contribution in [0.2, 0.25) is 0 Å². The summed E-state index contributed by atoms with van der Waals surface area (Å²) in [6, 6.07) is 13.6. The largest absolute Gasteiger partial charge is 0.464 e. The van der Waals surface area contributed by atoms with Crippen molar-refractivity contribution in [1.82, 2.24) is 9.78 Å². The van der Waals surface area contributed by atoms with Gasteiger partial charge in [-0.15, -0.1) is 0 Å². The lowest BCUT2D eigenvalue weighted by molar-refractivity contribution is -0.262. The number of esters is 1. The highest BCUT2D eigenvalue weighted by Crippen LogP contribution is 2.44. The fourth-order valence-electron chi connectivity index (χ4n) is 4.96. The zero-order valence-corrected chi connectivity index (χ0v) is 20.7. The van der Waals surface area contributed by atoms with Crippen LogP contribution >= 0.6 is 0 Å². The van der Waals surface area contributed by atoms with Gasteiger partial charge < -0.3 is 14.7 Å². The van der Waals surface area contributed by atoms with Gasteiger partial charge in [-0.1, -0.05) is 23.8 Å². The van der Waals surface area contributed by atoms with E-state index in [1.165, 1.54) is 58.2 Å². The molecule has 10 heteroatoms. The molecule has 0 bridgehead atoms. The summed E-state index contributed by atoms with van der Waals surface area (Å²) in [6.07, 6.45) is -3.51. The van der Waals surface area contributed by atoms with Crippen LogP contribution < -0.4 is 4.90 Å². The van der Waals surface area contributed by atoms with Crippen LogP contribution in [0.5, 0.6) is 0 Å². The highest BCUT2D eigenvalue weighted by Gasteiger charge is 2.57. The number of carbonyl (C=O) groups is 1. The number of carbonyl (C=O) groups excluding carboxylic acids is 1. The van der Waals surface area contributed by atoms with E-state index < -0.39 is 36.2 Å². The molecule has 2 unspecified atom stereocenters.